The quantitative estimate of drug-likeness (QED) is 0.0874. The molecule has 196 valence electrons. The fourth-order valence-electron chi connectivity index (χ4n) is 5.16. The molecule has 0 bridgehead atoms. The Morgan fingerprint density at radius 2 is 1.76 bits per heavy atom. The minimum Gasteiger partial charge on any atom is -0.466 e. The van der Waals surface area contributed by atoms with E-state index in [1.165, 1.54) is 6.42 Å². The highest BCUT2D eigenvalue weighted by atomic mass is 16.5. The van der Waals surface area contributed by atoms with E-state index in [1.54, 1.807) is 19.9 Å². The molecular weight excluding hydrogens is 432 g/mol. The Morgan fingerprint density at radius 3 is 2.44 bits per heavy atom. The first-order valence-corrected chi connectivity index (χ1v) is 13.5. The fourth-order valence-corrected chi connectivity index (χ4v) is 5.16. The SMILES string of the molecule is C=CCOC(CCCCC)CCC1CCC(=O)C1(CCCCCCC(=O)OCC)C(=O)OCC. The van der Waals surface area contributed by atoms with Crippen molar-refractivity contribution < 1.29 is 28.6 Å². The summed E-state index contributed by atoms with van der Waals surface area (Å²) in [6.45, 7) is 10.8. The highest BCUT2D eigenvalue weighted by molar-refractivity contribution is 6.05. The molecule has 0 aromatic rings. The van der Waals surface area contributed by atoms with Gasteiger partial charge in [0.15, 0.2) is 0 Å². The number of carbonyl (C=O) groups is 3. The van der Waals surface area contributed by atoms with Crippen LogP contribution in [0.5, 0.6) is 0 Å². The summed E-state index contributed by atoms with van der Waals surface area (Å²) in [5.74, 6) is -0.469. The van der Waals surface area contributed by atoms with E-state index in [9.17, 15) is 14.4 Å². The summed E-state index contributed by atoms with van der Waals surface area (Å²) in [4.78, 5) is 37.8. The molecule has 0 saturated heterocycles. The lowest BCUT2D eigenvalue weighted by molar-refractivity contribution is -0.162. The van der Waals surface area contributed by atoms with Crippen molar-refractivity contribution in [2.75, 3.05) is 19.8 Å². The molecule has 3 unspecified atom stereocenters. The first-order valence-electron chi connectivity index (χ1n) is 13.5. The van der Waals surface area contributed by atoms with E-state index in [0.29, 0.717) is 32.5 Å². The number of rotatable bonds is 20. The monoisotopic (exact) mass is 480 g/mol. The third kappa shape index (κ3) is 9.89. The summed E-state index contributed by atoms with van der Waals surface area (Å²) in [6.07, 6.45) is 13.4. The predicted molar refractivity (Wildman–Crippen MR) is 134 cm³/mol. The Morgan fingerprint density at radius 1 is 1.03 bits per heavy atom. The van der Waals surface area contributed by atoms with Crippen LogP contribution in [0.2, 0.25) is 0 Å². The highest BCUT2D eigenvalue weighted by Gasteiger charge is 2.55. The summed E-state index contributed by atoms with van der Waals surface area (Å²) >= 11 is 0. The van der Waals surface area contributed by atoms with Crippen LogP contribution in [0.3, 0.4) is 0 Å². The highest BCUT2D eigenvalue weighted by Crippen LogP contribution is 2.48. The Balaban J connectivity index is 2.75. The zero-order chi connectivity index (χ0) is 25.2. The number of hydrogen-bond acceptors (Lipinski definition) is 6. The minimum atomic E-state index is -1.02. The van der Waals surface area contributed by atoms with Gasteiger partial charge in [0.25, 0.3) is 0 Å². The van der Waals surface area contributed by atoms with Gasteiger partial charge < -0.3 is 14.2 Å². The second-order valence-corrected chi connectivity index (χ2v) is 9.39. The van der Waals surface area contributed by atoms with Crippen molar-refractivity contribution in [2.24, 2.45) is 11.3 Å². The lowest BCUT2D eigenvalue weighted by Crippen LogP contribution is -2.42. The standard InChI is InChI=1S/C28H48O6/c1-5-9-12-15-24(34-22-6-2)19-17-23-18-20-25(29)28(23,27(31)33-8-4)21-14-11-10-13-16-26(30)32-7-3/h6,23-24H,2,5,7-22H2,1,3-4H3. The second-order valence-electron chi connectivity index (χ2n) is 9.39. The molecule has 1 aliphatic rings. The number of carbonyl (C=O) groups excluding carboxylic acids is 3. The lowest BCUT2D eigenvalue weighted by Gasteiger charge is -2.33. The Labute approximate surface area is 207 Å². The van der Waals surface area contributed by atoms with Gasteiger partial charge in [0, 0.05) is 12.8 Å². The minimum absolute atomic E-state index is 0.000381. The maximum atomic E-state index is 13.1. The summed E-state index contributed by atoms with van der Waals surface area (Å²) < 4.78 is 16.4. The van der Waals surface area contributed by atoms with E-state index >= 15 is 0 Å². The van der Waals surface area contributed by atoms with Gasteiger partial charge in [-0.2, -0.15) is 0 Å². The van der Waals surface area contributed by atoms with Gasteiger partial charge in [0.1, 0.15) is 11.2 Å². The molecule has 0 spiro atoms. The molecule has 0 aliphatic heterocycles. The van der Waals surface area contributed by atoms with Crippen LogP contribution in [0, 0.1) is 11.3 Å². The molecule has 1 aliphatic carbocycles. The summed E-state index contributed by atoms with van der Waals surface area (Å²) in [5.41, 5.74) is -1.02. The van der Waals surface area contributed by atoms with E-state index in [2.05, 4.69) is 13.5 Å². The fraction of sp³-hybridized carbons (Fsp3) is 0.821. The molecule has 1 fully saturated rings. The van der Waals surface area contributed by atoms with Gasteiger partial charge in [0.05, 0.1) is 25.9 Å². The molecule has 0 radical (unpaired) electrons. The zero-order valence-electron chi connectivity index (χ0n) is 21.9. The Kier molecular flexibility index (Phi) is 15.8. The number of unbranched alkanes of at least 4 members (excludes halogenated alkanes) is 5. The first-order chi connectivity index (χ1) is 16.5. The van der Waals surface area contributed by atoms with Gasteiger partial charge in [-0.25, -0.2) is 0 Å². The van der Waals surface area contributed by atoms with Gasteiger partial charge in [0.2, 0.25) is 0 Å². The number of hydrogen-bond donors (Lipinski definition) is 0. The molecule has 1 rings (SSSR count). The molecule has 6 nitrogen and oxygen atoms in total. The van der Waals surface area contributed by atoms with Crippen molar-refractivity contribution in [3.05, 3.63) is 12.7 Å². The van der Waals surface area contributed by atoms with Gasteiger partial charge in [-0.1, -0.05) is 51.5 Å². The van der Waals surface area contributed by atoms with Crippen molar-refractivity contribution >= 4 is 17.7 Å². The van der Waals surface area contributed by atoms with Crippen LogP contribution in [0.4, 0.5) is 0 Å². The summed E-state index contributed by atoms with van der Waals surface area (Å²) in [5, 5.41) is 0. The van der Waals surface area contributed by atoms with Gasteiger partial charge in [-0.15, -0.1) is 6.58 Å². The molecule has 0 aromatic carbocycles. The number of esters is 2. The van der Waals surface area contributed by atoms with Crippen LogP contribution in [0.15, 0.2) is 12.7 Å². The molecule has 0 amide bonds. The maximum Gasteiger partial charge on any atom is 0.319 e. The van der Waals surface area contributed by atoms with Crippen molar-refractivity contribution in [1.82, 2.24) is 0 Å². The van der Waals surface area contributed by atoms with Crippen LogP contribution < -0.4 is 0 Å². The van der Waals surface area contributed by atoms with Crippen LogP contribution in [-0.4, -0.2) is 43.6 Å². The normalized spacial score (nSPS) is 20.8. The zero-order valence-corrected chi connectivity index (χ0v) is 21.9. The Bertz CT molecular complexity index is 616. The molecule has 0 aromatic heterocycles. The largest absolute Gasteiger partial charge is 0.466 e. The molecule has 1 saturated carbocycles. The van der Waals surface area contributed by atoms with Crippen LogP contribution in [0.1, 0.15) is 111 Å². The van der Waals surface area contributed by atoms with Gasteiger partial charge in [-0.05, 0) is 58.3 Å². The van der Waals surface area contributed by atoms with E-state index in [1.807, 2.05) is 0 Å². The van der Waals surface area contributed by atoms with E-state index < -0.39 is 5.41 Å². The van der Waals surface area contributed by atoms with Crippen molar-refractivity contribution in [2.45, 2.75) is 117 Å². The smallest absolute Gasteiger partial charge is 0.319 e. The molecule has 0 N–H and O–H groups in total. The van der Waals surface area contributed by atoms with Crippen LogP contribution in [0.25, 0.3) is 0 Å². The molecule has 0 heterocycles. The molecule has 3 atom stereocenters. The summed E-state index contributed by atoms with van der Waals surface area (Å²) in [7, 11) is 0. The van der Waals surface area contributed by atoms with Crippen molar-refractivity contribution in [3.63, 3.8) is 0 Å². The van der Waals surface area contributed by atoms with E-state index in [0.717, 1.165) is 64.2 Å². The topological polar surface area (TPSA) is 78.9 Å². The average Bonchev–Trinajstić information content (AvgIpc) is 3.14. The van der Waals surface area contributed by atoms with Crippen molar-refractivity contribution in [3.8, 4) is 0 Å². The van der Waals surface area contributed by atoms with E-state index in [4.69, 9.17) is 14.2 Å². The number of Topliss-reactive ketones (excluding diaryl/α,β-unsaturated/α-hetero) is 1. The first kappa shape index (κ1) is 30.3. The van der Waals surface area contributed by atoms with Gasteiger partial charge in [-0.3, -0.25) is 14.4 Å². The lowest BCUT2D eigenvalue weighted by atomic mass is 9.71. The van der Waals surface area contributed by atoms with Crippen molar-refractivity contribution in [1.29, 1.82) is 0 Å². The molecule has 34 heavy (non-hydrogen) atoms. The Hall–Kier alpha value is -1.69. The molecule has 6 heteroatoms. The van der Waals surface area contributed by atoms with Crippen LogP contribution >= 0.6 is 0 Å². The summed E-state index contributed by atoms with van der Waals surface area (Å²) in [6, 6.07) is 0. The predicted octanol–water partition coefficient (Wildman–Crippen LogP) is 6.35. The number of ether oxygens (including phenoxy) is 3. The second kappa shape index (κ2) is 17.7. The third-order valence-corrected chi connectivity index (χ3v) is 6.98. The maximum absolute atomic E-state index is 13.1. The number of ketones is 1. The average molecular weight is 481 g/mol. The third-order valence-electron chi connectivity index (χ3n) is 6.98. The van der Waals surface area contributed by atoms with E-state index in [-0.39, 0.29) is 36.4 Å². The van der Waals surface area contributed by atoms with Gasteiger partial charge >= 0.3 is 11.9 Å². The van der Waals surface area contributed by atoms with Crippen LogP contribution in [-0.2, 0) is 28.6 Å². The molecular formula is C28H48O6.